The smallest absolute Gasteiger partial charge is 0.226 e. The van der Waals surface area contributed by atoms with E-state index in [1.165, 1.54) is 0 Å². The lowest BCUT2D eigenvalue weighted by atomic mass is 10.1. The monoisotopic (exact) mass is 378 g/mol. The summed E-state index contributed by atoms with van der Waals surface area (Å²) < 4.78 is 1.92. The van der Waals surface area contributed by atoms with Gasteiger partial charge < -0.3 is 5.32 Å². The Morgan fingerprint density at radius 1 is 1.30 bits per heavy atom. The topological polar surface area (TPSA) is 85.1 Å². The molecular formula is C19H18N6OS. The normalized spacial score (nSPS) is 12.2. The number of nitrogens with one attached hydrogen (secondary N) is 1. The summed E-state index contributed by atoms with van der Waals surface area (Å²) in [5.41, 5.74) is 3.41. The van der Waals surface area contributed by atoms with Crippen LogP contribution in [0, 0.1) is 6.92 Å². The van der Waals surface area contributed by atoms with E-state index in [0.717, 1.165) is 27.5 Å². The maximum Gasteiger partial charge on any atom is 0.226 e. The zero-order chi connectivity index (χ0) is 18.8. The summed E-state index contributed by atoms with van der Waals surface area (Å²) in [4.78, 5) is 30.7. The van der Waals surface area contributed by atoms with Gasteiger partial charge in [0, 0.05) is 53.2 Å². The molecule has 4 rings (SSSR count). The molecule has 7 nitrogen and oxygen atoms in total. The number of aryl methyl sites for hydroxylation is 1. The van der Waals surface area contributed by atoms with Gasteiger partial charge in [0.1, 0.15) is 0 Å². The predicted molar refractivity (Wildman–Crippen MR) is 103 cm³/mol. The van der Waals surface area contributed by atoms with E-state index in [9.17, 15) is 4.79 Å². The molecule has 4 heterocycles. The molecule has 1 N–H and O–H groups in total. The van der Waals surface area contributed by atoms with E-state index in [1.54, 1.807) is 29.9 Å². The third-order valence-corrected chi connectivity index (χ3v) is 5.06. The Labute approximate surface area is 160 Å². The second-order valence-electron chi connectivity index (χ2n) is 6.26. The molecule has 0 spiro atoms. The van der Waals surface area contributed by atoms with E-state index in [1.807, 2.05) is 48.2 Å². The highest BCUT2D eigenvalue weighted by molar-refractivity contribution is 7.15. The van der Waals surface area contributed by atoms with Crippen LogP contribution in [0.2, 0.25) is 0 Å². The van der Waals surface area contributed by atoms with Gasteiger partial charge in [-0.1, -0.05) is 0 Å². The molecule has 0 saturated carbocycles. The first-order valence-electron chi connectivity index (χ1n) is 8.54. The molecule has 4 aromatic heterocycles. The summed E-state index contributed by atoms with van der Waals surface area (Å²) in [6, 6.07) is 3.55. The molecule has 1 amide bonds. The van der Waals surface area contributed by atoms with Crippen molar-refractivity contribution in [3.8, 4) is 11.4 Å². The first kappa shape index (κ1) is 17.3. The van der Waals surface area contributed by atoms with Crippen molar-refractivity contribution < 1.29 is 4.79 Å². The Hall–Kier alpha value is -3.13. The Kier molecular flexibility index (Phi) is 4.64. The average Bonchev–Trinajstić information content (AvgIpc) is 3.23. The molecule has 136 valence electrons. The summed E-state index contributed by atoms with van der Waals surface area (Å²) in [6.45, 7) is 3.86. The lowest BCUT2D eigenvalue weighted by Gasteiger charge is -2.16. The second kappa shape index (κ2) is 7.24. The number of pyridine rings is 1. The van der Waals surface area contributed by atoms with Crippen LogP contribution in [0.3, 0.4) is 0 Å². The molecule has 0 aliphatic heterocycles. The van der Waals surface area contributed by atoms with Gasteiger partial charge in [0.25, 0.3) is 0 Å². The Balaban J connectivity index is 1.45. The number of imidazole rings is 1. The van der Waals surface area contributed by atoms with E-state index in [-0.39, 0.29) is 18.4 Å². The average molecular weight is 378 g/mol. The summed E-state index contributed by atoms with van der Waals surface area (Å²) in [5, 5.41) is 4.97. The molecule has 0 aliphatic carbocycles. The van der Waals surface area contributed by atoms with Crippen LogP contribution in [0.1, 0.15) is 29.9 Å². The minimum atomic E-state index is -0.187. The van der Waals surface area contributed by atoms with Crippen molar-refractivity contribution in [2.45, 2.75) is 26.3 Å². The number of hydrogen-bond acceptors (Lipinski definition) is 6. The molecule has 0 aromatic carbocycles. The fourth-order valence-corrected chi connectivity index (χ4v) is 3.66. The molecule has 4 aromatic rings. The lowest BCUT2D eigenvalue weighted by Crippen LogP contribution is -2.29. The van der Waals surface area contributed by atoms with Crippen LogP contribution < -0.4 is 5.32 Å². The van der Waals surface area contributed by atoms with Crippen LogP contribution in [-0.4, -0.2) is 30.2 Å². The fourth-order valence-electron chi connectivity index (χ4n) is 2.94. The number of fused-ring (bicyclic) bond motifs is 1. The molecule has 0 bridgehead atoms. The minimum Gasteiger partial charge on any atom is -0.349 e. The third-order valence-electron chi connectivity index (χ3n) is 4.28. The van der Waals surface area contributed by atoms with Gasteiger partial charge in [0.15, 0.2) is 10.8 Å². The molecule has 0 saturated heterocycles. The quantitative estimate of drug-likeness (QED) is 0.577. The highest BCUT2D eigenvalue weighted by Gasteiger charge is 2.16. The Bertz CT molecular complexity index is 1060. The van der Waals surface area contributed by atoms with Gasteiger partial charge in [0.05, 0.1) is 18.2 Å². The molecule has 0 radical (unpaired) electrons. The Morgan fingerprint density at radius 3 is 2.85 bits per heavy atom. The summed E-state index contributed by atoms with van der Waals surface area (Å²) in [6.07, 6.45) is 9.26. The number of thiazole rings is 1. The standard InChI is InChI=1S/C19H18N6OS/c1-12(22-17(26)9-15-11-25-7-8-27-19(25)24-15)16-10-21-18(23-13(16)2)14-3-5-20-6-4-14/h3-8,10-12H,9H2,1-2H3,(H,22,26). The first-order valence-corrected chi connectivity index (χ1v) is 9.42. The van der Waals surface area contributed by atoms with Crippen molar-refractivity contribution in [2.75, 3.05) is 0 Å². The van der Waals surface area contributed by atoms with Gasteiger partial charge >= 0.3 is 0 Å². The van der Waals surface area contributed by atoms with Crippen molar-refractivity contribution in [1.82, 2.24) is 29.7 Å². The highest BCUT2D eigenvalue weighted by atomic mass is 32.1. The van der Waals surface area contributed by atoms with Crippen LogP contribution >= 0.6 is 11.3 Å². The van der Waals surface area contributed by atoms with Gasteiger partial charge in [-0.05, 0) is 26.0 Å². The van der Waals surface area contributed by atoms with E-state index in [0.29, 0.717) is 5.82 Å². The van der Waals surface area contributed by atoms with E-state index < -0.39 is 0 Å². The highest BCUT2D eigenvalue weighted by Crippen LogP contribution is 2.19. The minimum absolute atomic E-state index is 0.0779. The molecule has 27 heavy (non-hydrogen) atoms. The number of carbonyl (C=O) groups is 1. The van der Waals surface area contributed by atoms with Crippen LogP contribution in [0.25, 0.3) is 16.3 Å². The van der Waals surface area contributed by atoms with Gasteiger partial charge in [-0.3, -0.25) is 14.2 Å². The van der Waals surface area contributed by atoms with Crippen molar-refractivity contribution in [3.63, 3.8) is 0 Å². The SMILES string of the molecule is Cc1nc(-c2ccncc2)ncc1C(C)NC(=O)Cc1cn2ccsc2n1. The zero-order valence-electron chi connectivity index (χ0n) is 15.0. The lowest BCUT2D eigenvalue weighted by molar-refractivity contribution is -0.121. The van der Waals surface area contributed by atoms with Crippen LogP contribution in [0.15, 0.2) is 48.5 Å². The molecule has 1 atom stereocenters. The van der Waals surface area contributed by atoms with Gasteiger partial charge in [-0.2, -0.15) is 0 Å². The maximum atomic E-state index is 12.4. The van der Waals surface area contributed by atoms with Crippen LogP contribution in [0.4, 0.5) is 0 Å². The summed E-state index contributed by atoms with van der Waals surface area (Å²) >= 11 is 1.55. The summed E-state index contributed by atoms with van der Waals surface area (Å²) in [5.74, 6) is 0.570. The molecule has 8 heteroatoms. The number of nitrogens with zero attached hydrogens (tertiary/aromatic N) is 5. The summed E-state index contributed by atoms with van der Waals surface area (Å²) in [7, 11) is 0. The molecule has 1 unspecified atom stereocenters. The Morgan fingerprint density at radius 2 is 2.11 bits per heavy atom. The second-order valence-corrected chi connectivity index (χ2v) is 7.13. The fraction of sp³-hybridized carbons (Fsp3) is 0.211. The number of hydrogen-bond donors (Lipinski definition) is 1. The van der Waals surface area contributed by atoms with Crippen LogP contribution in [0.5, 0.6) is 0 Å². The maximum absolute atomic E-state index is 12.4. The van der Waals surface area contributed by atoms with E-state index in [4.69, 9.17) is 0 Å². The van der Waals surface area contributed by atoms with Gasteiger partial charge in [-0.25, -0.2) is 15.0 Å². The van der Waals surface area contributed by atoms with Crippen molar-refractivity contribution in [1.29, 1.82) is 0 Å². The number of rotatable bonds is 5. The zero-order valence-corrected chi connectivity index (χ0v) is 15.8. The largest absolute Gasteiger partial charge is 0.349 e. The van der Waals surface area contributed by atoms with Crippen molar-refractivity contribution in [2.24, 2.45) is 0 Å². The predicted octanol–water partition coefficient (Wildman–Crippen LogP) is 2.98. The van der Waals surface area contributed by atoms with Gasteiger partial charge in [0.2, 0.25) is 5.91 Å². The van der Waals surface area contributed by atoms with Gasteiger partial charge in [-0.15, -0.1) is 11.3 Å². The third kappa shape index (κ3) is 3.70. The van der Waals surface area contributed by atoms with Crippen LogP contribution in [-0.2, 0) is 11.2 Å². The van der Waals surface area contributed by atoms with Crippen molar-refractivity contribution in [3.05, 3.63) is 65.4 Å². The number of aromatic nitrogens is 5. The van der Waals surface area contributed by atoms with Crippen molar-refractivity contribution >= 4 is 22.2 Å². The van der Waals surface area contributed by atoms with E-state index in [2.05, 4.69) is 25.3 Å². The molecule has 0 aliphatic rings. The first-order chi connectivity index (χ1) is 13.1. The number of carbonyl (C=O) groups excluding carboxylic acids is 1. The number of amides is 1. The molecular weight excluding hydrogens is 360 g/mol. The van der Waals surface area contributed by atoms with E-state index >= 15 is 0 Å². The molecule has 0 fully saturated rings.